The van der Waals surface area contributed by atoms with E-state index in [-0.39, 0.29) is 6.54 Å². The fourth-order valence-corrected chi connectivity index (χ4v) is 1.11. The third-order valence-electron chi connectivity index (χ3n) is 1.67. The maximum Gasteiger partial charge on any atom is 0.308 e. The van der Waals surface area contributed by atoms with Gasteiger partial charge in [0.05, 0.1) is 12.5 Å². The Balaban J connectivity index is 2.53. The molecular formula is C6H9F2NO2. The quantitative estimate of drug-likeness (QED) is 0.588. The molecule has 3 nitrogen and oxygen atoms in total. The van der Waals surface area contributed by atoms with E-state index in [2.05, 4.69) is 5.32 Å². The van der Waals surface area contributed by atoms with Crippen LogP contribution in [-0.4, -0.2) is 30.1 Å². The molecule has 64 valence electrons. The molecule has 1 aliphatic heterocycles. The van der Waals surface area contributed by atoms with Crippen molar-refractivity contribution in [3.8, 4) is 0 Å². The minimum absolute atomic E-state index is 0.144. The van der Waals surface area contributed by atoms with E-state index in [1.54, 1.807) is 0 Å². The molecule has 1 aliphatic rings. The van der Waals surface area contributed by atoms with Gasteiger partial charge < -0.3 is 10.4 Å². The molecule has 1 heterocycles. The number of hydrogen-bond donors (Lipinski definition) is 2. The van der Waals surface area contributed by atoms with E-state index < -0.39 is 30.8 Å². The average Bonchev–Trinajstić information content (AvgIpc) is 1.85. The summed E-state index contributed by atoms with van der Waals surface area (Å²) < 4.78 is 25.0. The van der Waals surface area contributed by atoms with E-state index >= 15 is 0 Å². The van der Waals surface area contributed by atoms with E-state index in [9.17, 15) is 13.6 Å². The highest BCUT2D eigenvalue weighted by molar-refractivity contribution is 5.70. The molecule has 0 unspecified atom stereocenters. The van der Waals surface area contributed by atoms with Crippen molar-refractivity contribution in [2.75, 3.05) is 13.1 Å². The summed E-state index contributed by atoms with van der Waals surface area (Å²) >= 11 is 0. The maximum atomic E-state index is 12.5. The summed E-state index contributed by atoms with van der Waals surface area (Å²) in [6.07, 6.45) is -0.546. The summed E-state index contributed by atoms with van der Waals surface area (Å²) in [5, 5.41) is 10.8. The second-order valence-corrected chi connectivity index (χ2v) is 2.73. The minimum Gasteiger partial charge on any atom is -0.481 e. The van der Waals surface area contributed by atoms with Crippen LogP contribution in [0.2, 0.25) is 0 Å². The van der Waals surface area contributed by atoms with Crippen LogP contribution in [-0.2, 0) is 4.79 Å². The molecule has 2 N–H and O–H groups in total. The molecule has 0 saturated carbocycles. The Kier molecular flexibility index (Phi) is 2.08. The minimum atomic E-state index is -2.86. The summed E-state index contributed by atoms with van der Waals surface area (Å²) in [6, 6.07) is 0. The van der Waals surface area contributed by atoms with Crippen LogP contribution in [0.25, 0.3) is 0 Å². The monoisotopic (exact) mass is 165 g/mol. The fraction of sp³-hybridized carbons (Fsp3) is 0.833. The Morgan fingerprint density at radius 1 is 1.64 bits per heavy atom. The maximum absolute atomic E-state index is 12.5. The predicted molar refractivity (Wildman–Crippen MR) is 33.6 cm³/mol. The summed E-state index contributed by atoms with van der Waals surface area (Å²) in [6.45, 7) is -0.262. The Labute approximate surface area is 62.4 Å². The van der Waals surface area contributed by atoms with Crippen LogP contribution in [0.5, 0.6) is 0 Å². The molecule has 0 radical (unpaired) electrons. The van der Waals surface area contributed by atoms with Crippen molar-refractivity contribution in [3.05, 3.63) is 0 Å². The van der Waals surface area contributed by atoms with Crippen LogP contribution in [0.3, 0.4) is 0 Å². The van der Waals surface area contributed by atoms with Crippen LogP contribution in [0.15, 0.2) is 0 Å². The Hall–Kier alpha value is -0.710. The molecule has 0 aliphatic carbocycles. The molecule has 0 aromatic carbocycles. The highest BCUT2D eigenvalue weighted by atomic mass is 19.3. The number of nitrogens with one attached hydrogen (secondary N) is 1. The SMILES string of the molecule is O=C(O)[C@H]1CNCC(F)(F)C1. The number of halogens is 2. The van der Waals surface area contributed by atoms with Gasteiger partial charge >= 0.3 is 5.97 Å². The Bertz CT molecular complexity index is 172. The molecule has 1 rings (SSSR count). The fourth-order valence-electron chi connectivity index (χ4n) is 1.11. The van der Waals surface area contributed by atoms with Gasteiger partial charge in [-0.1, -0.05) is 0 Å². The number of carboxylic acids is 1. The van der Waals surface area contributed by atoms with Gasteiger partial charge in [0, 0.05) is 13.0 Å². The summed E-state index contributed by atoms with van der Waals surface area (Å²) in [7, 11) is 0. The van der Waals surface area contributed by atoms with Gasteiger partial charge in [0.15, 0.2) is 0 Å². The van der Waals surface area contributed by atoms with Crippen LogP contribution < -0.4 is 5.32 Å². The van der Waals surface area contributed by atoms with Crippen molar-refractivity contribution in [1.82, 2.24) is 5.32 Å². The lowest BCUT2D eigenvalue weighted by molar-refractivity contribution is -0.147. The highest BCUT2D eigenvalue weighted by Gasteiger charge is 2.39. The second kappa shape index (κ2) is 2.73. The largest absolute Gasteiger partial charge is 0.481 e. The zero-order valence-corrected chi connectivity index (χ0v) is 5.81. The molecule has 11 heavy (non-hydrogen) atoms. The van der Waals surface area contributed by atoms with Gasteiger partial charge in [0.25, 0.3) is 5.92 Å². The van der Waals surface area contributed by atoms with Gasteiger partial charge in [-0.15, -0.1) is 0 Å². The van der Waals surface area contributed by atoms with Crippen molar-refractivity contribution in [3.63, 3.8) is 0 Å². The van der Waals surface area contributed by atoms with Crippen molar-refractivity contribution >= 4 is 5.97 Å². The average molecular weight is 165 g/mol. The van der Waals surface area contributed by atoms with E-state index in [0.717, 1.165) is 0 Å². The van der Waals surface area contributed by atoms with Crippen molar-refractivity contribution < 1.29 is 18.7 Å². The Morgan fingerprint density at radius 3 is 2.64 bits per heavy atom. The molecular weight excluding hydrogens is 156 g/mol. The number of hydrogen-bond acceptors (Lipinski definition) is 2. The van der Waals surface area contributed by atoms with E-state index in [4.69, 9.17) is 5.11 Å². The molecule has 0 aromatic rings. The first-order valence-electron chi connectivity index (χ1n) is 3.33. The smallest absolute Gasteiger partial charge is 0.308 e. The van der Waals surface area contributed by atoms with Crippen LogP contribution in [0, 0.1) is 5.92 Å². The van der Waals surface area contributed by atoms with Crippen LogP contribution in [0.4, 0.5) is 8.78 Å². The molecule has 1 atom stereocenters. The highest BCUT2D eigenvalue weighted by Crippen LogP contribution is 2.25. The summed E-state index contributed by atoms with van der Waals surface area (Å²) in [4.78, 5) is 10.3. The lowest BCUT2D eigenvalue weighted by atomic mass is 9.97. The number of alkyl halides is 2. The lowest BCUT2D eigenvalue weighted by Crippen LogP contribution is -2.46. The van der Waals surface area contributed by atoms with Gasteiger partial charge in [-0.2, -0.15) is 0 Å². The third-order valence-corrected chi connectivity index (χ3v) is 1.67. The number of aliphatic carboxylic acids is 1. The first-order valence-corrected chi connectivity index (χ1v) is 3.33. The third kappa shape index (κ3) is 2.11. The molecule has 1 saturated heterocycles. The number of rotatable bonds is 1. The Morgan fingerprint density at radius 2 is 2.27 bits per heavy atom. The lowest BCUT2D eigenvalue weighted by Gasteiger charge is -2.26. The zero-order valence-electron chi connectivity index (χ0n) is 5.81. The van der Waals surface area contributed by atoms with Crippen LogP contribution >= 0.6 is 0 Å². The molecule has 5 heteroatoms. The first-order chi connectivity index (χ1) is 5.01. The molecule has 0 bridgehead atoms. The zero-order chi connectivity index (χ0) is 8.48. The standard InChI is InChI=1S/C6H9F2NO2/c7-6(8)1-4(5(10)11)2-9-3-6/h4,9H,1-3H2,(H,10,11)/t4-/m1/s1. The molecule has 0 spiro atoms. The van der Waals surface area contributed by atoms with E-state index in [1.807, 2.05) is 0 Å². The number of carbonyl (C=O) groups is 1. The van der Waals surface area contributed by atoms with Gasteiger partial charge in [-0.25, -0.2) is 8.78 Å². The number of carboxylic acid groups (broad SMARTS) is 1. The van der Waals surface area contributed by atoms with Crippen molar-refractivity contribution in [2.24, 2.45) is 5.92 Å². The van der Waals surface area contributed by atoms with Gasteiger partial charge in [0.1, 0.15) is 0 Å². The van der Waals surface area contributed by atoms with Crippen LogP contribution in [0.1, 0.15) is 6.42 Å². The molecule has 1 fully saturated rings. The van der Waals surface area contributed by atoms with Crippen molar-refractivity contribution in [2.45, 2.75) is 12.3 Å². The normalized spacial score (nSPS) is 29.8. The molecule has 0 amide bonds. The van der Waals surface area contributed by atoms with E-state index in [1.165, 1.54) is 0 Å². The van der Waals surface area contributed by atoms with Crippen molar-refractivity contribution in [1.29, 1.82) is 0 Å². The second-order valence-electron chi connectivity index (χ2n) is 2.73. The first kappa shape index (κ1) is 8.39. The summed E-state index contributed by atoms with van der Waals surface area (Å²) in [5.74, 6) is -4.96. The topological polar surface area (TPSA) is 49.3 Å². The van der Waals surface area contributed by atoms with Gasteiger partial charge in [-0.05, 0) is 0 Å². The number of piperidine rings is 1. The summed E-state index contributed by atoms with van der Waals surface area (Å²) in [5.41, 5.74) is 0. The van der Waals surface area contributed by atoms with Gasteiger partial charge in [-0.3, -0.25) is 4.79 Å². The van der Waals surface area contributed by atoms with Gasteiger partial charge in [0.2, 0.25) is 0 Å². The van der Waals surface area contributed by atoms with E-state index in [0.29, 0.717) is 0 Å². The molecule has 0 aromatic heterocycles. The predicted octanol–water partition coefficient (Wildman–Crippen LogP) is 0.316.